The number of hydrogen-bond donors (Lipinski definition) is 1. The fourth-order valence-corrected chi connectivity index (χ4v) is 2.22. The molecule has 0 unspecified atom stereocenters. The molecular formula is C21H27NO4. The van der Waals surface area contributed by atoms with E-state index in [9.17, 15) is 4.79 Å². The highest BCUT2D eigenvalue weighted by Crippen LogP contribution is 2.20. The van der Waals surface area contributed by atoms with Crippen LogP contribution < -0.4 is 14.8 Å². The zero-order valence-corrected chi connectivity index (χ0v) is 15.7. The molecule has 5 heteroatoms. The highest BCUT2D eigenvalue weighted by molar-refractivity contribution is 6.04. The van der Waals surface area contributed by atoms with Gasteiger partial charge in [-0.1, -0.05) is 26.0 Å². The standard InChI is InChI=1S/C21H27NO4/c1-4-24-11-12-25-19-9-5-7-17(13-19)21(23)22-18-8-6-10-20(14-18)26-15-16(2)3/h5-10,13-14,16H,4,11-12,15H2,1-3H3,(H,22,23). The second kappa shape index (κ2) is 10.5. The highest BCUT2D eigenvalue weighted by Gasteiger charge is 2.08. The van der Waals surface area contributed by atoms with Crippen LogP contribution in [0.1, 0.15) is 31.1 Å². The minimum atomic E-state index is -0.193. The number of carbonyl (C=O) groups excluding carboxylic acids is 1. The van der Waals surface area contributed by atoms with Crippen LogP contribution in [-0.2, 0) is 4.74 Å². The van der Waals surface area contributed by atoms with E-state index in [4.69, 9.17) is 14.2 Å². The summed E-state index contributed by atoms with van der Waals surface area (Å²) < 4.78 is 16.5. The second-order valence-electron chi connectivity index (χ2n) is 6.26. The van der Waals surface area contributed by atoms with Crippen molar-refractivity contribution in [3.63, 3.8) is 0 Å². The maximum absolute atomic E-state index is 12.5. The molecule has 0 saturated carbocycles. The Balaban J connectivity index is 1.95. The molecule has 0 fully saturated rings. The van der Waals surface area contributed by atoms with Gasteiger partial charge in [-0.2, -0.15) is 0 Å². The molecule has 0 aromatic heterocycles. The molecule has 0 aliphatic heterocycles. The number of ether oxygens (including phenoxy) is 3. The first kappa shape index (κ1) is 19.8. The van der Waals surface area contributed by atoms with E-state index in [0.717, 1.165) is 5.75 Å². The average Bonchev–Trinajstić information content (AvgIpc) is 2.64. The van der Waals surface area contributed by atoms with E-state index in [0.29, 0.717) is 49.3 Å². The maximum atomic E-state index is 12.5. The first-order valence-corrected chi connectivity index (χ1v) is 8.93. The van der Waals surface area contributed by atoms with E-state index in [2.05, 4.69) is 19.2 Å². The molecule has 1 amide bonds. The van der Waals surface area contributed by atoms with Crippen LogP contribution in [0.15, 0.2) is 48.5 Å². The molecule has 140 valence electrons. The average molecular weight is 357 g/mol. The summed E-state index contributed by atoms with van der Waals surface area (Å²) in [5, 5.41) is 2.89. The number of hydrogen-bond acceptors (Lipinski definition) is 4. The van der Waals surface area contributed by atoms with E-state index >= 15 is 0 Å². The number of anilines is 1. The van der Waals surface area contributed by atoms with Gasteiger partial charge >= 0.3 is 0 Å². The minimum Gasteiger partial charge on any atom is -0.493 e. The molecule has 1 N–H and O–H groups in total. The van der Waals surface area contributed by atoms with Gasteiger partial charge in [-0.25, -0.2) is 0 Å². The number of amides is 1. The van der Waals surface area contributed by atoms with Crippen molar-refractivity contribution in [2.75, 3.05) is 31.7 Å². The number of rotatable bonds is 10. The zero-order chi connectivity index (χ0) is 18.8. The summed E-state index contributed by atoms with van der Waals surface area (Å²) in [6.07, 6.45) is 0. The Labute approximate surface area is 155 Å². The van der Waals surface area contributed by atoms with Gasteiger partial charge in [-0.15, -0.1) is 0 Å². The van der Waals surface area contributed by atoms with Crippen molar-refractivity contribution >= 4 is 11.6 Å². The zero-order valence-electron chi connectivity index (χ0n) is 15.7. The Bertz CT molecular complexity index is 700. The SMILES string of the molecule is CCOCCOc1cccc(C(=O)Nc2cccc(OCC(C)C)c2)c1. The van der Waals surface area contributed by atoms with Crippen LogP contribution in [0.25, 0.3) is 0 Å². The summed E-state index contributed by atoms with van der Waals surface area (Å²) in [4.78, 5) is 12.5. The largest absolute Gasteiger partial charge is 0.493 e. The Morgan fingerprint density at radius 2 is 1.73 bits per heavy atom. The molecule has 0 atom stereocenters. The summed E-state index contributed by atoms with van der Waals surface area (Å²) in [6.45, 7) is 8.40. The first-order chi connectivity index (χ1) is 12.6. The van der Waals surface area contributed by atoms with Crippen LogP contribution in [0, 0.1) is 5.92 Å². The van der Waals surface area contributed by atoms with Crippen LogP contribution in [0.5, 0.6) is 11.5 Å². The summed E-state index contributed by atoms with van der Waals surface area (Å²) in [5.74, 6) is 1.64. The summed E-state index contributed by atoms with van der Waals surface area (Å²) in [6, 6.07) is 14.5. The highest BCUT2D eigenvalue weighted by atomic mass is 16.5. The van der Waals surface area contributed by atoms with Crippen LogP contribution >= 0.6 is 0 Å². The lowest BCUT2D eigenvalue weighted by molar-refractivity contribution is 0.102. The Morgan fingerprint density at radius 1 is 1.00 bits per heavy atom. The molecule has 0 aliphatic carbocycles. The smallest absolute Gasteiger partial charge is 0.255 e. The van der Waals surface area contributed by atoms with E-state index in [1.54, 1.807) is 18.2 Å². The Morgan fingerprint density at radius 3 is 2.46 bits per heavy atom. The summed E-state index contributed by atoms with van der Waals surface area (Å²) in [5.41, 5.74) is 1.23. The lowest BCUT2D eigenvalue weighted by Crippen LogP contribution is -2.13. The third kappa shape index (κ3) is 6.76. The molecule has 26 heavy (non-hydrogen) atoms. The van der Waals surface area contributed by atoms with E-state index in [1.165, 1.54) is 0 Å². The first-order valence-electron chi connectivity index (χ1n) is 8.93. The molecule has 0 saturated heterocycles. The van der Waals surface area contributed by atoms with Crippen LogP contribution in [-0.4, -0.2) is 32.3 Å². The molecule has 0 heterocycles. The van der Waals surface area contributed by atoms with Gasteiger partial charge < -0.3 is 19.5 Å². The molecule has 5 nitrogen and oxygen atoms in total. The summed E-state index contributed by atoms with van der Waals surface area (Å²) in [7, 11) is 0. The van der Waals surface area contributed by atoms with Crippen molar-refractivity contribution in [1.29, 1.82) is 0 Å². The van der Waals surface area contributed by atoms with Gasteiger partial charge in [0.25, 0.3) is 5.91 Å². The molecule has 0 radical (unpaired) electrons. The molecule has 2 aromatic carbocycles. The fourth-order valence-electron chi connectivity index (χ4n) is 2.22. The third-order valence-electron chi connectivity index (χ3n) is 3.47. The Kier molecular flexibility index (Phi) is 7.96. The fraction of sp³-hybridized carbons (Fsp3) is 0.381. The van der Waals surface area contributed by atoms with Crippen molar-refractivity contribution in [3.8, 4) is 11.5 Å². The van der Waals surface area contributed by atoms with Gasteiger partial charge in [0.05, 0.1) is 13.2 Å². The minimum absolute atomic E-state index is 0.193. The van der Waals surface area contributed by atoms with E-state index in [-0.39, 0.29) is 5.91 Å². The lowest BCUT2D eigenvalue weighted by Gasteiger charge is -2.11. The molecule has 2 aromatic rings. The van der Waals surface area contributed by atoms with Crippen molar-refractivity contribution in [1.82, 2.24) is 0 Å². The molecule has 2 rings (SSSR count). The molecule has 0 spiro atoms. The van der Waals surface area contributed by atoms with Crippen LogP contribution in [0.3, 0.4) is 0 Å². The quantitative estimate of drug-likeness (QED) is 0.641. The van der Waals surface area contributed by atoms with E-state index < -0.39 is 0 Å². The van der Waals surface area contributed by atoms with Gasteiger partial charge in [0, 0.05) is 23.9 Å². The topological polar surface area (TPSA) is 56.8 Å². The predicted octanol–water partition coefficient (Wildman–Crippen LogP) is 4.39. The molecule has 0 aliphatic rings. The van der Waals surface area contributed by atoms with Gasteiger partial charge in [0.2, 0.25) is 0 Å². The third-order valence-corrected chi connectivity index (χ3v) is 3.47. The van der Waals surface area contributed by atoms with E-state index in [1.807, 2.05) is 37.3 Å². The van der Waals surface area contributed by atoms with Crippen molar-refractivity contribution in [3.05, 3.63) is 54.1 Å². The normalized spacial score (nSPS) is 10.6. The monoisotopic (exact) mass is 357 g/mol. The molecule has 0 bridgehead atoms. The van der Waals surface area contributed by atoms with Crippen molar-refractivity contribution < 1.29 is 19.0 Å². The van der Waals surface area contributed by atoms with Gasteiger partial charge in [0.1, 0.15) is 18.1 Å². The molecular weight excluding hydrogens is 330 g/mol. The summed E-state index contributed by atoms with van der Waals surface area (Å²) >= 11 is 0. The Hall–Kier alpha value is -2.53. The number of nitrogens with one attached hydrogen (secondary N) is 1. The van der Waals surface area contributed by atoms with Crippen LogP contribution in [0.4, 0.5) is 5.69 Å². The number of benzene rings is 2. The predicted molar refractivity (Wildman–Crippen MR) is 103 cm³/mol. The second-order valence-corrected chi connectivity index (χ2v) is 6.26. The van der Waals surface area contributed by atoms with Gasteiger partial charge in [0.15, 0.2) is 0 Å². The maximum Gasteiger partial charge on any atom is 0.255 e. The van der Waals surface area contributed by atoms with Crippen LogP contribution in [0.2, 0.25) is 0 Å². The number of carbonyl (C=O) groups is 1. The van der Waals surface area contributed by atoms with Gasteiger partial charge in [-0.3, -0.25) is 4.79 Å². The van der Waals surface area contributed by atoms with Gasteiger partial charge in [-0.05, 0) is 43.2 Å². The lowest BCUT2D eigenvalue weighted by atomic mass is 10.2. The van der Waals surface area contributed by atoms with Crippen molar-refractivity contribution in [2.24, 2.45) is 5.92 Å². The van der Waals surface area contributed by atoms with Crippen molar-refractivity contribution in [2.45, 2.75) is 20.8 Å².